The number of hydrogen-bond donors (Lipinski definition) is 6. The molecule has 7 N–H and O–H groups in total. The van der Waals surface area contributed by atoms with E-state index in [0.717, 1.165) is 25.9 Å². The fraction of sp³-hybridized carbons (Fsp3) is 0.552. The summed E-state index contributed by atoms with van der Waals surface area (Å²) in [6, 6.07) is 0.345. The molecule has 5 rings (SSSR count). The van der Waals surface area contributed by atoms with Crippen molar-refractivity contribution in [3.8, 4) is 11.5 Å². The lowest BCUT2D eigenvalue weighted by molar-refractivity contribution is -0.153. The molecule has 1 aromatic rings. The summed E-state index contributed by atoms with van der Waals surface area (Å²) >= 11 is 0. The SMILES string of the molecule is COc1c(CN2CCC(CO)CC2)cc(O)c2c1C[C@H]1C[C@H]3[C@H](N(C)C)C(=O)C(C(N)=O)=C(O)[C@@]3(O)C(=O)C1=C2O. The maximum Gasteiger partial charge on any atom is 0.255 e. The number of Topliss-reactive ketones (excluding diaryl/α,β-unsaturated/α-hetero) is 2. The molecular formula is C29H37N3O9. The lowest BCUT2D eigenvalue weighted by Crippen LogP contribution is -2.65. The van der Waals surface area contributed by atoms with Crippen LogP contribution in [0.5, 0.6) is 11.5 Å². The van der Waals surface area contributed by atoms with Gasteiger partial charge < -0.3 is 36.0 Å². The molecular weight excluding hydrogens is 534 g/mol. The molecule has 0 spiro atoms. The van der Waals surface area contributed by atoms with Gasteiger partial charge in [0, 0.05) is 35.8 Å². The van der Waals surface area contributed by atoms with Crippen LogP contribution in [0.2, 0.25) is 0 Å². The number of amides is 1. The van der Waals surface area contributed by atoms with Crippen molar-refractivity contribution in [2.45, 2.75) is 43.9 Å². The smallest absolute Gasteiger partial charge is 0.255 e. The Morgan fingerprint density at radius 1 is 1.20 bits per heavy atom. The van der Waals surface area contributed by atoms with E-state index in [0.29, 0.717) is 23.4 Å². The molecule has 0 aromatic heterocycles. The van der Waals surface area contributed by atoms with Gasteiger partial charge in [0.25, 0.3) is 5.91 Å². The molecule has 12 nitrogen and oxygen atoms in total. The van der Waals surface area contributed by atoms with Crippen LogP contribution >= 0.6 is 0 Å². The molecule has 1 aliphatic heterocycles. The average Bonchev–Trinajstić information content (AvgIpc) is 2.90. The normalized spacial score (nSPS) is 29.0. The number of methoxy groups -OCH3 is 1. The largest absolute Gasteiger partial charge is 0.508 e. The van der Waals surface area contributed by atoms with Crippen LogP contribution in [0.25, 0.3) is 5.76 Å². The van der Waals surface area contributed by atoms with Crippen molar-refractivity contribution in [3.63, 3.8) is 0 Å². The number of likely N-dealkylation sites (tertiary alicyclic amines) is 1. The van der Waals surface area contributed by atoms with E-state index in [1.165, 1.54) is 18.1 Å². The number of nitrogens with two attached hydrogens (primary N) is 1. The molecule has 1 aromatic carbocycles. The molecule has 0 unspecified atom stereocenters. The predicted molar refractivity (Wildman–Crippen MR) is 146 cm³/mol. The number of ketones is 2. The first-order chi connectivity index (χ1) is 19.4. The van der Waals surface area contributed by atoms with Gasteiger partial charge >= 0.3 is 0 Å². The minimum Gasteiger partial charge on any atom is -0.508 e. The Morgan fingerprint density at radius 3 is 2.41 bits per heavy atom. The molecule has 3 aliphatic carbocycles. The Kier molecular flexibility index (Phi) is 7.39. The number of aromatic hydroxyl groups is 1. The standard InChI is InChI=1S/C29H37N3O9/c1-31(2)22-17-9-14-8-16-20(18(34)10-15(25(16)41-3)11-32-6-4-13(12-33)5-7-32)23(35)19(14)26(37)29(17,40)27(38)21(24(22)36)28(30)39/h10,13-14,17,22,33-35,38,40H,4-9,11-12H2,1-3H3,(H2,30,39)/t14-,17-,22-,29-/m0/s1. The number of aliphatic hydroxyl groups excluding tert-OH is 3. The number of nitrogens with zero attached hydrogens (tertiary/aromatic N) is 2. The van der Waals surface area contributed by atoms with Gasteiger partial charge in [-0.3, -0.25) is 24.2 Å². The minimum atomic E-state index is -2.68. The van der Waals surface area contributed by atoms with Gasteiger partial charge in [-0.25, -0.2) is 0 Å². The summed E-state index contributed by atoms with van der Waals surface area (Å²) in [7, 11) is 4.61. The van der Waals surface area contributed by atoms with Gasteiger partial charge in [0.15, 0.2) is 11.4 Å². The Balaban J connectivity index is 1.61. The van der Waals surface area contributed by atoms with E-state index < -0.39 is 58.0 Å². The van der Waals surface area contributed by atoms with Crippen molar-refractivity contribution >= 4 is 23.2 Å². The van der Waals surface area contributed by atoms with Crippen LogP contribution in [0.15, 0.2) is 23.0 Å². The van der Waals surface area contributed by atoms with Crippen LogP contribution in [0.3, 0.4) is 0 Å². The number of fused-ring (bicyclic) bond motifs is 3. The molecule has 4 atom stereocenters. The van der Waals surface area contributed by atoms with Gasteiger partial charge in [-0.05, 0) is 70.8 Å². The summed E-state index contributed by atoms with van der Waals surface area (Å²) in [6.07, 6.45) is 1.86. The Hall–Kier alpha value is -3.45. The summed E-state index contributed by atoms with van der Waals surface area (Å²) in [5.74, 6) is -6.15. The van der Waals surface area contributed by atoms with E-state index in [1.807, 2.05) is 0 Å². The van der Waals surface area contributed by atoms with E-state index in [-0.39, 0.29) is 42.3 Å². The molecule has 41 heavy (non-hydrogen) atoms. The van der Waals surface area contributed by atoms with E-state index in [2.05, 4.69) is 4.90 Å². The van der Waals surface area contributed by atoms with Gasteiger partial charge in [-0.15, -0.1) is 0 Å². The fourth-order valence-electron chi connectivity index (χ4n) is 7.30. The summed E-state index contributed by atoms with van der Waals surface area (Å²) in [4.78, 5) is 43.0. The maximum absolute atomic E-state index is 14.0. The molecule has 222 valence electrons. The zero-order valence-electron chi connectivity index (χ0n) is 23.4. The predicted octanol–water partition coefficient (Wildman–Crippen LogP) is 0.177. The zero-order valence-corrected chi connectivity index (χ0v) is 23.4. The van der Waals surface area contributed by atoms with E-state index in [1.54, 1.807) is 14.1 Å². The molecule has 2 fully saturated rings. The quantitative estimate of drug-likeness (QED) is 0.255. The summed E-state index contributed by atoms with van der Waals surface area (Å²) < 4.78 is 5.79. The van der Waals surface area contributed by atoms with Crippen molar-refractivity contribution < 1.29 is 44.7 Å². The van der Waals surface area contributed by atoms with Crippen molar-refractivity contribution in [3.05, 3.63) is 39.7 Å². The number of carbonyl (C=O) groups is 3. The highest BCUT2D eigenvalue weighted by Crippen LogP contribution is 2.54. The number of hydrogen-bond acceptors (Lipinski definition) is 11. The number of primary amides is 1. The Morgan fingerprint density at radius 2 is 1.85 bits per heavy atom. The lowest BCUT2D eigenvalue weighted by atomic mass is 9.57. The maximum atomic E-state index is 14.0. The van der Waals surface area contributed by atoms with Crippen LogP contribution < -0.4 is 10.5 Å². The number of benzene rings is 1. The molecule has 1 saturated carbocycles. The molecule has 1 amide bonds. The zero-order chi connectivity index (χ0) is 30.0. The van der Waals surface area contributed by atoms with E-state index in [4.69, 9.17) is 10.5 Å². The number of likely N-dealkylation sites (N-methyl/N-ethyl adjacent to an activating group) is 1. The highest BCUT2D eigenvalue weighted by atomic mass is 16.5. The van der Waals surface area contributed by atoms with E-state index >= 15 is 0 Å². The van der Waals surface area contributed by atoms with Gasteiger partial charge in [0.1, 0.15) is 28.6 Å². The number of carbonyl (C=O) groups excluding carboxylic acids is 3. The lowest BCUT2D eigenvalue weighted by Gasteiger charge is -2.50. The molecule has 1 heterocycles. The number of aliphatic hydroxyl groups is 4. The number of phenolic OH excluding ortho intramolecular Hbond substituents is 1. The van der Waals surface area contributed by atoms with Gasteiger partial charge in [0.2, 0.25) is 5.78 Å². The van der Waals surface area contributed by atoms with Crippen molar-refractivity contribution in [1.29, 1.82) is 0 Å². The second-order valence-corrected chi connectivity index (χ2v) is 11.8. The highest BCUT2D eigenvalue weighted by Gasteiger charge is 2.64. The van der Waals surface area contributed by atoms with Crippen LogP contribution in [-0.2, 0) is 27.3 Å². The van der Waals surface area contributed by atoms with Crippen LogP contribution in [0.1, 0.15) is 36.0 Å². The third kappa shape index (κ3) is 4.32. The minimum absolute atomic E-state index is 0.000813. The average molecular weight is 572 g/mol. The van der Waals surface area contributed by atoms with Crippen LogP contribution in [-0.4, -0.2) is 105 Å². The number of ether oxygens (including phenoxy) is 1. The van der Waals surface area contributed by atoms with Crippen molar-refractivity contribution in [2.24, 2.45) is 23.5 Å². The Bertz CT molecular complexity index is 1380. The Labute approximate surface area is 237 Å². The number of rotatable bonds is 6. The molecule has 12 heteroatoms. The van der Waals surface area contributed by atoms with Crippen LogP contribution in [0.4, 0.5) is 0 Å². The second-order valence-electron chi connectivity index (χ2n) is 11.8. The third-order valence-electron chi connectivity index (χ3n) is 9.31. The van der Waals surface area contributed by atoms with Crippen molar-refractivity contribution in [2.75, 3.05) is 40.9 Å². The van der Waals surface area contributed by atoms with Gasteiger partial charge in [0.05, 0.1) is 18.7 Å². The first-order valence-corrected chi connectivity index (χ1v) is 13.8. The molecule has 0 radical (unpaired) electrons. The summed E-state index contributed by atoms with van der Waals surface area (Å²) in [5, 5.41) is 54.6. The second kappa shape index (κ2) is 10.4. The summed E-state index contributed by atoms with van der Waals surface area (Å²) in [6.45, 7) is 2.15. The fourth-order valence-corrected chi connectivity index (χ4v) is 7.30. The summed E-state index contributed by atoms with van der Waals surface area (Å²) in [5.41, 5.74) is 2.84. The first-order valence-electron chi connectivity index (χ1n) is 13.8. The topological polar surface area (TPSA) is 194 Å². The van der Waals surface area contributed by atoms with Gasteiger partial charge in [-0.1, -0.05) is 0 Å². The van der Waals surface area contributed by atoms with Crippen LogP contribution in [0, 0.1) is 17.8 Å². The monoisotopic (exact) mass is 571 g/mol. The number of phenols is 1. The molecule has 1 saturated heterocycles. The van der Waals surface area contributed by atoms with Crippen molar-refractivity contribution in [1.82, 2.24) is 9.80 Å². The molecule has 0 bridgehead atoms. The first kappa shape index (κ1) is 29.1. The van der Waals surface area contributed by atoms with E-state index in [9.17, 15) is 39.9 Å². The number of piperidine rings is 1. The third-order valence-corrected chi connectivity index (χ3v) is 9.31. The molecule has 4 aliphatic rings. The van der Waals surface area contributed by atoms with Gasteiger partial charge in [-0.2, -0.15) is 0 Å². The highest BCUT2D eigenvalue weighted by molar-refractivity contribution is 6.24.